The minimum Gasteiger partial charge on any atom is -0.381 e. The van der Waals surface area contributed by atoms with Crippen LogP contribution < -0.4 is 0 Å². The van der Waals surface area contributed by atoms with Crippen molar-refractivity contribution in [2.45, 2.75) is 89.8 Å². The average Bonchev–Trinajstić information content (AvgIpc) is 3.31. The van der Waals surface area contributed by atoms with Gasteiger partial charge in [-0.1, -0.05) is 58.3 Å². The minimum atomic E-state index is 0.389. The molecule has 1 aliphatic rings. The lowest BCUT2D eigenvalue weighted by atomic mass is 10.0. The van der Waals surface area contributed by atoms with E-state index in [9.17, 15) is 0 Å². The standard InChI is InChI=1S/C18H36O3/c1-3-4-5-6-7-8-9-10-12-17(19-2)13-11-14-20-15-18-16-21-18/h17-18H,3-16H2,1-2H3. The highest BCUT2D eigenvalue weighted by atomic mass is 16.6. The fraction of sp³-hybridized carbons (Fsp3) is 1.00. The zero-order chi connectivity index (χ0) is 15.2. The molecule has 0 amide bonds. The van der Waals surface area contributed by atoms with Crippen LogP contribution in [0.3, 0.4) is 0 Å². The Labute approximate surface area is 131 Å². The van der Waals surface area contributed by atoms with E-state index in [0.29, 0.717) is 12.2 Å². The van der Waals surface area contributed by atoms with Crippen LogP contribution in [0, 0.1) is 0 Å². The van der Waals surface area contributed by atoms with Gasteiger partial charge < -0.3 is 14.2 Å². The average molecular weight is 300 g/mol. The predicted octanol–water partition coefficient (Wildman–Crippen LogP) is 4.73. The van der Waals surface area contributed by atoms with E-state index in [1.54, 1.807) is 0 Å². The Balaban J connectivity index is 1.81. The third-order valence-electron chi connectivity index (χ3n) is 4.23. The summed E-state index contributed by atoms with van der Waals surface area (Å²) in [5.41, 5.74) is 0. The molecule has 1 rings (SSSR count). The van der Waals surface area contributed by atoms with Gasteiger partial charge in [-0.05, 0) is 19.3 Å². The molecule has 1 fully saturated rings. The van der Waals surface area contributed by atoms with E-state index in [1.807, 2.05) is 7.11 Å². The van der Waals surface area contributed by atoms with Crippen LogP contribution in [-0.2, 0) is 14.2 Å². The molecule has 0 aliphatic carbocycles. The summed E-state index contributed by atoms with van der Waals surface area (Å²) in [6.45, 7) is 4.78. The fourth-order valence-electron chi connectivity index (χ4n) is 2.68. The van der Waals surface area contributed by atoms with Gasteiger partial charge >= 0.3 is 0 Å². The van der Waals surface area contributed by atoms with Crippen molar-refractivity contribution in [1.82, 2.24) is 0 Å². The molecule has 0 aromatic carbocycles. The topological polar surface area (TPSA) is 31.0 Å². The van der Waals surface area contributed by atoms with Crippen LogP contribution in [0.15, 0.2) is 0 Å². The van der Waals surface area contributed by atoms with Crippen molar-refractivity contribution in [3.63, 3.8) is 0 Å². The molecular formula is C18H36O3. The van der Waals surface area contributed by atoms with E-state index in [-0.39, 0.29) is 0 Å². The largest absolute Gasteiger partial charge is 0.381 e. The number of methoxy groups -OCH3 is 1. The van der Waals surface area contributed by atoms with E-state index in [4.69, 9.17) is 14.2 Å². The van der Waals surface area contributed by atoms with E-state index in [2.05, 4.69) is 6.92 Å². The molecule has 0 aromatic heterocycles. The van der Waals surface area contributed by atoms with Gasteiger partial charge in [0.2, 0.25) is 0 Å². The molecule has 0 spiro atoms. The van der Waals surface area contributed by atoms with Gasteiger partial charge in [-0.3, -0.25) is 0 Å². The highest BCUT2D eigenvalue weighted by molar-refractivity contribution is 4.67. The van der Waals surface area contributed by atoms with Gasteiger partial charge in [0.25, 0.3) is 0 Å². The Morgan fingerprint density at radius 1 is 0.952 bits per heavy atom. The summed E-state index contributed by atoms with van der Waals surface area (Å²) >= 11 is 0. The molecule has 2 atom stereocenters. The normalized spacial score (nSPS) is 18.9. The summed E-state index contributed by atoms with van der Waals surface area (Å²) in [7, 11) is 1.84. The van der Waals surface area contributed by atoms with Gasteiger partial charge in [-0.15, -0.1) is 0 Å². The first kappa shape index (κ1) is 18.9. The predicted molar refractivity (Wildman–Crippen MR) is 87.8 cm³/mol. The number of rotatable bonds is 16. The molecule has 0 N–H and O–H groups in total. The molecule has 1 heterocycles. The second-order valence-corrected chi connectivity index (χ2v) is 6.29. The molecular weight excluding hydrogens is 264 g/mol. The molecule has 2 unspecified atom stereocenters. The Morgan fingerprint density at radius 3 is 2.19 bits per heavy atom. The maximum Gasteiger partial charge on any atom is 0.104 e. The quantitative estimate of drug-likeness (QED) is 0.305. The van der Waals surface area contributed by atoms with Crippen LogP contribution in [-0.4, -0.2) is 39.1 Å². The Hall–Kier alpha value is -0.120. The molecule has 0 radical (unpaired) electrons. The second kappa shape index (κ2) is 13.5. The number of epoxide rings is 1. The van der Waals surface area contributed by atoms with Gasteiger partial charge in [0.15, 0.2) is 0 Å². The summed E-state index contributed by atoms with van der Waals surface area (Å²) in [6, 6.07) is 0. The molecule has 126 valence electrons. The summed E-state index contributed by atoms with van der Waals surface area (Å²) in [5, 5.41) is 0. The molecule has 3 nitrogen and oxygen atoms in total. The van der Waals surface area contributed by atoms with Crippen LogP contribution in [0.1, 0.15) is 77.6 Å². The first-order valence-corrected chi connectivity index (χ1v) is 9.09. The highest BCUT2D eigenvalue weighted by Gasteiger charge is 2.22. The van der Waals surface area contributed by atoms with E-state index < -0.39 is 0 Å². The highest BCUT2D eigenvalue weighted by Crippen LogP contribution is 2.15. The van der Waals surface area contributed by atoms with Crippen molar-refractivity contribution in [1.29, 1.82) is 0 Å². The molecule has 0 saturated carbocycles. The lowest BCUT2D eigenvalue weighted by molar-refractivity contribution is 0.0645. The fourth-order valence-corrected chi connectivity index (χ4v) is 2.68. The zero-order valence-electron chi connectivity index (χ0n) is 14.3. The first-order valence-electron chi connectivity index (χ1n) is 9.09. The smallest absolute Gasteiger partial charge is 0.104 e. The van der Waals surface area contributed by atoms with Crippen molar-refractivity contribution in [3.05, 3.63) is 0 Å². The van der Waals surface area contributed by atoms with E-state index in [1.165, 1.54) is 57.8 Å². The van der Waals surface area contributed by atoms with Gasteiger partial charge in [-0.2, -0.15) is 0 Å². The molecule has 0 aromatic rings. The summed E-state index contributed by atoms with van der Waals surface area (Å²) < 4.78 is 16.2. The third kappa shape index (κ3) is 12.1. The van der Waals surface area contributed by atoms with Gasteiger partial charge in [0.1, 0.15) is 6.10 Å². The summed E-state index contributed by atoms with van der Waals surface area (Å²) in [4.78, 5) is 0. The second-order valence-electron chi connectivity index (χ2n) is 6.29. The van der Waals surface area contributed by atoms with E-state index in [0.717, 1.165) is 32.7 Å². The van der Waals surface area contributed by atoms with Crippen molar-refractivity contribution in [2.24, 2.45) is 0 Å². The maximum atomic E-state index is 5.57. The molecule has 3 heteroatoms. The first-order chi connectivity index (χ1) is 10.4. The maximum absolute atomic E-state index is 5.57. The number of unbranched alkanes of at least 4 members (excludes halogenated alkanes) is 7. The number of hydrogen-bond donors (Lipinski definition) is 0. The van der Waals surface area contributed by atoms with Crippen LogP contribution in [0.4, 0.5) is 0 Å². The lowest BCUT2D eigenvalue weighted by Gasteiger charge is -2.15. The van der Waals surface area contributed by atoms with Crippen molar-refractivity contribution in [3.8, 4) is 0 Å². The summed E-state index contributed by atoms with van der Waals surface area (Å²) in [5.74, 6) is 0. The van der Waals surface area contributed by atoms with Crippen molar-refractivity contribution in [2.75, 3.05) is 26.9 Å². The monoisotopic (exact) mass is 300 g/mol. The SMILES string of the molecule is CCCCCCCCCCC(CCCOCC1CO1)OC. The Bertz CT molecular complexity index is 217. The Morgan fingerprint density at radius 2 is 1.57 bits per heavy atom. The van der Waals surface area contributed by atoms with Crippen LogP contribution in [0.5, 0.6) is 0 Å². The zero-order valence-corrected chi connectivity index (χ0v) is 14.3. The van der Waals surface area contributed by atoms with Gasteiger partial charge in [-0.25, -0.2) is 0 Å². The number of hydrogen-bond acceptors (Lipinski definition) is 3. The minimum absolute atomic E-state index is 0.389. The third-order valence-corrected chi connectivity index (χ3v) is 4.23. The summed E-state index contributed by atoms with van der Waals surface area (Å²) in [6.07, 6.45) is 15.3. The molecule has 1 aliphatic heterocycles. The van der Waals surface area contributed by atoms with Gasteiger partial charge in [0.05, 0.1) is 19.3 Å². The van der Waals surface area contributed by atoms with Crippen LogP contribution in [0.2, 0.25) is 0 Å². The number of ether oxygens (including phenoxy) is 3. The lowest BCUT2D eigenvalue weighted by Crippen LogP contribution is -2.12. The van der Waals surface area contributed by atoms with E-state index >= 15 is 0 Å². The Kier molecular flexibility index (Phi) is 12.2. The molecule has 1 saturated heterocycles. The molecule has 21 heavy (non-hydrogen) atoms. The van der Waals surface area contributed by atoms with Crippen molar-refractivity contribution >= 4 is 0 Å². The van der Waals surface area contributed by atoms with Crippen LogP contribution in [0.25, 0.3) is 0 Å². The molecule has 0 bridgehead atoms. The van der Waals surface area contributed by atoms with Crippen LogP contribution >= 0.6 is 0 Å². The van der Waals surface area contributed by atoms with Crippen molar-refractivity contribution < 1.29 is 14.2 Å². The van der Waals surface area contributed by atoms with Gasteiger partial charge in [0, 0.05) is 13.7 Å².